The molecule has 0 aromatic carbocycles. The van der Waals surface area contributed by atoms with Crippen LogP contribution >= 0.6 is 11.6 Å². The average Bonchev–Trinajstić information content (AvgIpc) is 2.70. The number of aliphatic carboxylic acids is 1. The van der Waals surface area contributed by atoms with Crippen LogP contribution < -0.4 is 4.90 Å². The van der Waals surface area contributed by atoms with Gasteiger partial charge < -0.3 is 10.0 Å². The number of anilines is 1. The van der Waals surface area contributed by atoms with E-state index < -0.39 is 17.8 Å². The van der Waals surface area contributed by atoms with E-state index in [-0.39, 0.29) is 11.1 Å². The highest BCUT2D eigenvalue weighted by Gasteiger charge is 2.33. The van der Waals surface area contributed by atoms with Gasteiger partial charge in [0.2, 0.25) is 5.28 Å². The molecule has 0 amide bonds. The smallest absolute Gasteiger partial charge is 0.326 e. The van der Waals surface area contributed by atoms with Gasteiger partial charge in [-0.2, -0.15) is 4.98 Å². The molecule has 7 heteroatoms. The van der Waals surface area contributed by atoms with Crippen LogP contribution in [-0.2, 0) is 4.79 Å². The number of aromatic nitrogens is 2. The van der Waals surface area contributed by atoms with Gasteiger partial charge in [-0.15, -0.1) is 0 Å². The van der Waals surface area contributed by atoms with E-state index >= 15 is 0 Å². The molecule has 1 aromatic heterocycles. The number of rotatable bonds is 2. The molecule has 0 bridgehead atoms. The molecular weight excluding hydrogens is 237 g/mol. The summed E-state index contributed by atoms with van der Waals surface area (Å²) in [6.07, 6.45) is 2.12. The maximum absolute atomic E-state index is 13.4. The van der Waals surface area contributed by atoms with E-state index in [0.717, 1.165) is 6.20 Å². The molecule has 1 N–H and O–H groups in total. The lowest BCUT2D eigenvalue weighted by Gasteiger charge is -2.22. The van der Waals surface area contributed by atoms with Crippen molar-refractivity contribution in [3.63, 3.8) is 0 Å². The van der Waals surface area contributed by atoms with Gasteiger partial charge in [-0.1, -0.05) is 0 Å². The average molecular weight is 246 g/mol. The number of carboxylic acid groups (broad SMARTS) is 1. The van der Waals surface area contributed by atoms with Gasteiger partial charge in [-0.05, 0) is 24.4 Å². The minimum Gasteiger partial charge on any atom is -0.480 e. The summed E-state index contributed by atoms with van der Waals surface area (Å²) in [6.45, 7) is 0.460. The summed E-state index contributed by atoms with van der Waals surface area (Å²) < 4.78 is 13.4. The lowest BCUT2D eigenvalue weighted by Crippen LogP contribution is -2.37. The largest absolute Gasteiger partial charge is 0.480 e. The highest BCUT2D eigenvalue weighted by atomic mass is 35.5. The van der Waals surface area contributed by atoms with Crippen molar-refractivity contribution in [2.75, 3.05) is 11.4 Å². The first kappa shape index (κ1) is 11.1. The second kappa shape index (κ2) is 4.21. The third-order valence-corrected chi connectivity index (χ3v) is 2.69. The molecule has 2 heterocycles. The molecule has 0 radical (unpaired) electrons. The number of hydrogen-bond acceptors (Lipinski definition) is 4. The maximum Gasteiger partial charge on any atom is 0.326 e. The summed E-state index contributed by atoms with van der Waals surface area (Å²) >= 11 is 5.56. The minimum absolute atomic E-state index is 0.0371. The molecule has 2 rings (SSSR count). The Kier molecular flexibility index (Phi) is 2.91. The van der Waals surface area contributed by atoms with Crippen LogP contribution in [0, 0.1) is 5.82 Å². The van der Waals surface area contributed by atoms with Gasteiger partial charge in [0.15, 0.2) is 11.6 Å². The second-order valence-electron chi connectivity index (χ2n) is 3.50. The predicted molar refractivity (Wildman–Crippen MR) is 55.0 cm³/mol. The molecule has 1 fully saturated rings. The number of carbonyl (C=O) groups is 1. The van der Waals surface area contributed by atoms with Crippen molar-refractivity contribution in [3.05, 3.63) is 17.3 Å². The first-order valence-corrected chi connectivity index (χ1v) is 5.15. The normalized spacial score (nSPS) is 20.1. The maximum atomic E-state index is 13.4. The van der Waals surface area contributed by atoms with Gasteiger partial charge in [0, 0.05) is 6.54 Å². The molecule has 0 saturated carbocycles. The molecule has 1 aromatic rings. The van der Waals surface area contributed by atoms with Crippen LogP contribution in [0.2, 0.25) is 5.28 Å². The third kappa shape index (κ3) is 1.92. The number of carboxylic acids is 1. The number of hydrogen-bond donors (Lipinski definition) is 1. The third-order valence-electron chi connectivity index (χ3n) is 2.51. The topological polar surface area (TPSA) is 66.3 Å². The second-order valence-corrected chi connectivity index (χ2v) is 3.84. The Balaban J connectivity index is 2.35. The van der Waals surface area contributed by atoms with Gasteiger partial charge in [0.25, 0.3) is 0 Å². The van der Waals surface area contributed by atoms with E-state index in [2.05, 4.69) is 9.97 Å². The summed E-state index contributed by atoms with van der Waals surface area (Å²) in [4.78, 5) is 19.6. The van der Waals surface area contributed by atoms with Gasteiger partial charge in [0.1, 0.15) is 6.04 Å². The standard InChI is InChI=1S/C9H9ClFN3O2/c10-9-12-4-5(11)7(13-9)14-3-1-2-6(14)8(15)16/h4,6H,1-3H2,(H,15,16)/t6-/m0/s1. The zero-order valence-corrected chi connectivity index (χ0v) is 8.98. The minimum atomic E-state index is -0.980. The van der Waals surface area contributed by atoms with Crippen molar-refractivity contribution in [3.8, 4) is 0 Å². The van der Waals surface area contributed by atoms with Crippen LogP contribution in [0.1, 0.15) is 12.8 Å². The van der Waals surface area contributed by atoms with Crippen LogP contribution in [0.25, 0.3) is 0 Å². The van der Waals surface area contributed by atoms with Gasteiger partial charge >= 0.3 is 5.97 Å². The zero-order chi connectivity index (χ0) is 11.7. The summed E-state index contributed by atoms with van der Waals surface area (Å²) in [5, 5.41) is 8.87. The van der Waals surface area contributed by atoms with E-state index in [1.807, 2.05) is 0 Å². The zero-order valence-electron chi connectivity index (χ0n) is 8.23. The first-order chi connectivity index (χ1) is 7.59. The van der Waals surface area contributed by atoms with Crippen molar-refractivity contribution in [2.24, 2.45) is 0 Å². The Morgan fingerprint density at radius 2 is 2.44 bits per heavy atom. The Bertz CT molecular complexity index is 429. The number of nitrogens with zero attached hydrogens (tertiary/aromatic N) is 3. The molecule has 0 unspecified atom stereocenters. The van der Waals surface area contributed by atoms with E-state index in [0.29, 0.717) is 19.4 Å². The van der Waals surface area contributed by atoms with Gasteiger partial charge in [0.05, 0.1) is 6.20 Å². The highest BCUT2D eigenvalue weighted by Crippen LogP contribution is 2.26. The lowest BCUT2D eigenvalue weighted by molar-refractivity contribution is -0.138. The van der Waals surface area contributed by atoms with Gasteiger partial charge in [-0.25, -0.2) is 14.2 Å². The molecule has 1 aliphatic rings. The van der Waals surface area contributed by atoms with Crippen molar-refractivity contribution in [1.29, 1.82) is 0 Å². The molecule has 1 saturated heterocycles. The predicted octanol–water partition coefficient (Wildman–Crippen LogP) is 1.32. The highest BCUT2D eigenvalue weighted by molar-refractivity contribution is 6.28. The molecule has 86 valence electrons. The monoisotopic (exact) mass is 245 g/mol. The fourth-order valence-electron chi connectivity index (χ4n) is 1.82. The summed E-state index contributed by atoms with van der Waals surface area (Å²) in [5.74, 6) is -1.67. The molecule has 5 nitrogen and oxygen atoms in total. The van der Waals surface area contributed by atoms with Crippen molar-refractivity contribution < 1.29 is 14.3 Å². The van der Waals surface area contributed by atoms with E-state index in [1.165, 1.54) is 4.90 Å². The van der Waals surface area contributed by atoms with Crippen molar-refractivity contribution >= 4 is 23.4 Å². The van der Waals surface area contributed by atoms with Crippen LogP contribution in [0.15, 0.2) is 6.20 Å². The Labute approximate surface area is 95.9 Å². The van der Waals surface area contributed by atoms with Crippen LogP contribution in [-0.4, -0.2) is 33.6 Å². The Hall–Kier alpha value is -1.43. The molecular formula is C9H9ClFN3O2. The fraction of sp³-hybridized carbons (Fsp3) is 0.444. The van der Waals surface area contributed by atoms with Crippen molar-refractivity contribution in [2.45, 2.75) is 18.9 Å². The Morgan fingerprint density at radius 1 is 1.69 bits per heavy atom. The fourth-order valence-corrected chi connectivity index (χ4v) is 1.94. The lowest BCUT2D eigenvalue weighted by atomic mass is 10.2. The van der Waals surface area contributed by atoms with Crippen molar-refractivity contribution in [1.82, 2.24) is 9.97 Å². The van der Waals surface area contributed by atoms with Crippen LogP contribution in [0.3, 0.4) is 0 Å². The van der Waals surface area contributed by atoms with Gasteiger partial charge in [-0.3, -0.25) is 0 Å². The van der Waals surface area contributed by atoms with E-state index in [4.69, 9.17) is 16.7 Å². The molecule has 0 aliphatic carbocycles. The molecule has 1 atom stereocenters. The first-order valence-electron chi connectivity index (χ1n) is 4.77. The molecule has 16 heavy (non-hydrogen) atoms. The number of halogens is 2. The van der Waals surface area contributed by atoms with Crippen LogP contribution in [0.5, 0.6) is 0 Å². The summed E-state index contributed by atoms with van der Waals surface area (Å²) in [5.41, 5.74) is 0. The van der Waals surface area contributed by atoms with E-state index in [1.54, 1.807) is 0 Å². The molecule has 1 aliphatic heterocycles. The Morgan fingerprint density at radius 3 is 3.12 bits per heavy atom. The van der Waals surface area contributed by atoms with Crippen LogP contribution in [0.4, 0.5) is 10.2 Å². The molecule has 0 spiro atoms. The SMILES string of the molecule is O=C(O)[C@@H]1CCCN1c1nc(Cl)ncc1F. The summed E-state index contributed by atoms with van der Waals surface area (Å²) in [6, 6.07) is -0.736. The quantitative estimate of drug-likeness (QED) is 0.796. The summed E-state index contributed by atoms with van der Waals surface area (Å²) in [7, 11) is 0. The van der Waals surface area contributed by atoms with E-state index in [9.17, 15) is 9.18 Å².